The topological polar surface area (TPSA) is 23.5 Å². The molecule has 2 heteroatoms. The van der Waals surface area contributed by atoms with Gasteiger partial charge in [0.1, 0.15) is 0 Å². The van der Waals surface area contributed by atoms with Crippen LogP contribution in [-0.4, -0.2) is 35.7 Å². The molecule has 18 heavy (non-hydrogen) atoms. The zero-order chi connectivity index (χ0) is 14.0. The Morgan fingerprint density at radius 2 is 1.89 bits per heavy atom. The van der Waals surface area contributed by atoms with Crippen molar-refractivity contribution in [1.82, 2.24) is 4.90 Å². The van der Waals surface area contributed by atoms with Gasteiger partial charge in [0, 0.05) is 6.04 Å². The standard InChI is InChI=1S/C16H31NO/c1-6-8-9-10-11-12-15(4)17(5)16(13-18)14(3)7-2/h7,15-16,18H,2-3,6,8-13H2,1,4-5H3/t15?,16-/m0/s1. The summed E-state index contributed by atoms with van der Waals surface area (Å²) in [5.74, 6) is 0. The first-order valence-electron chi connectivity index (χ1n) is 7.22. The molecule has 2 nitrogen and oxygen atoms in total. The minimum atomic E-state index is 0.00754. The fourth-order valence-corrected chi connectivity index (χ4v) is 2.20. The van der Waals surface area contributed by atoms with E-state index in [1.165, 1.54) is 38.5 Å². The van der Waals surface area contributed by atoms with Gasteiger partial charge in [-0.25, -0.2) is 0 Å². The van der Waals surface area contributed by atoms with Gasteiger partial charge in [-0.1, -0.05) is 58.3 Å². The Morgan fingerprint density at radius 1 is 1.28 bits per heavy atom. The summed E-state index contributed by atoms with van der Waals surface area (Å²) in [5, 5.41) is 9.44. The van der Waals surface area contributed by atoms with Crippen molar-refractivity contribution in [3.8, 4) is 0 Å². The number of hydrogen-bond acceptors (Lipinski definition) is 2. The van der Waals surface area contributed by atoms with Crippen molar-refractivity contribution in [1.29, 1.82) is 0 Å². The molecular formula is C16H31NO. The molecule has 0 saturated heterocycles. The highest BCUT2D eigenvalue weighted by molar-refractivity contribution is 5.19. The summed E-state index contributed by atoms with van der Waals surface area (Å²) in [5.41, 5.74) is 0.901. The number of nitrogens with zero attached hydrogens (tertiary/aromatic N) is 1. The van der Waals surface area contributed by atoms with Crippen LogP contribution in [0.25, 0.3) is 0 Å². The highest BCUT2D eigenvalue weighted by atomic mass is 16.3. The summed E-state index contributed by atoms with van der Waals surface area (Å²) < 4.78 is 0. The van der Waals surface area contributed by atoms with Gasteiger partial charge in [-0.15, -0.1) is 0 Å². The Labute approximate surface area is 113 Å². The van der Waals surface area contributed by atoms with Gasteiger partial charge in [-0.05, 0) is 26.0 Å². The van der Waals surface area contributed by atoms with E-state index in [9.17, 15) is 5.11 Å². The summed E-state index contributed by atoms with van der Waals surface area (Å²) in [6.45, 7) is 12.3. The highest BCUT2D eigenvalue weighted by Crippen LogP contribution is 2.16. The number of hydrogen-bond donors (Lipinski definition) is 1. The molecule has 2 atom stereocenters. The van der Waals surface area contributed by atoms with Crippen LogP contribution in [0.4, 0.5) is 0 Å². The molecule has 0 radical (unpaired) electrons. The molecule has 0 bridgehead atoms. The molecule has 1 N–H and O–H groups in total. The van der Waals surface area contributed by atoms with Gasteiger partial charge in [0.2, 0.25) is 0 Å². The maximum absolute atomic E-state index is 9.44. The fraction of sp³-hybridized carbons (Fsp3) is 0.750. The van der Waals surface area contributed by atoms with Crippen molar-refractivity contribution in [2.45, 2.75) is 64.5 Å². The normalized spacial score (nSPS) is 14.5. The number of aliphatic hydroxyl groups excluding tert-OH is 1. The maximum atomic E-state index is 9.44. The van der Waals surface area contributed by atoms with Gasteiger partial charge in [-0.3, -0.25) is 4.90 Å². The van der Waals surface area contributed by atoms with E-state index in [0.717, 1.165) is 5.57 Å². The van der Waals surface area contributed by atoms with Crippen LogP contribution in [0.3, 0.4) is 0 Å². The smallest absolute Gasteiger partial charge is 0.0628 e. The summed E-state index contributed by atoms with van der Waals surface area (Å²) >= 11 is 0. The highest BCUT2D eigenvalue weighted by Gasteiger charge is 2.19. The third kappa shape index (κ3) is 6.36. The monoisotopic (exact) mass is 253 g/mol. The minimum absolute atomic E-state index is 0.00754. The van der Waals surface area contributed by atoms with Crippen LogP contribution >= 0.6 is 0 Å². The zero-order valence-corrected chi connectivity index (χ0v) is 12.5. The van der Waals surface area contributed by atoms with Crippen LogP contribution in [0.15, 0.2) is 24.8 Å². The number of unbranched alkanes of at least 4 members (excludes halogenated alkanes) is 4. The molecule has 0 heterocycles. The zero-order valence-electron chi connectivity index (χ0n) is 12.5. The summed E-state index contributed by atoms with van der Waals surface area (Å²) in [6.07, 6.45) is 9.49. The lowest BCUT2D eigenvalue weighted by molar-refractivity contribution is 0.133. The Bertz CT molecular complexity index is 237. The molecule has 0 aliphatic carbocycles. The predicted octanol–water partition coefficient (Wildman–Crippen LogP) is 3.77. The third-order valence-electron chi connectivity index (χ3n) is 3.78. The van der Waals surface area contributed by atoms with Gasteiger partial charge in [0.15, 0.2) is 0 Å². The van der Waals surface area contributed by atoms with E-state index in [2.05, 4.69) is 39.0 Å². The molecule has 0 aromatic carbocycles. The lowest BCUT2D eigenvalue weighted by Crippen LogP contribution is -2.41. The summed E-state index contributed by atoms with van der Waals surface area (Å²) in [4.78, 5) is 2.21. The van der Waals surface area contributed by atoms with Crippen molar-refractivity contribution in [3.63, 3.8) is 0 Å². The van der Waals surface area contributed by atoms with Crippen molar-refractivity contribution < 1.29 is 5.11 Å². The third-order valence-corrected chi connectivity index (χ3v) is 3.78. The second-order valence-corrected chi connectivity index (χ2v) is 5.19. The maximum Gasteiger partial charge on any atom is 0.0628 e. The molecule has 0 saturated carbocycles. The van der Waals surface area contributed by atoms with Crippen LogP contribution in [0, 0.1) is 0 Å². The van der Waals surface area contributed by atoms with Gasteiger partial charge in [0.05, 0.1) is 12.6 Å². The van der Waals surface area contributed by atoms with Crippen molar-refractivity contribution >= 4 is 0 Å². The molecule has 1 unspecified atom stereocenters. The van der Waals surface area contributed by atoms with E-state index in [1.54, 1.807) is 6.08 Å². The van der Waals surface area contributed by atoms with E-state index >= 15 is 0 Å². The lowest BCUT2D eigenvalue weighted by atomic mass is 10.0. The van der Waals surface area contributed by atoms with Crippen LogP contribution in [0.2, 0.25) is 0 Å². The molecule has 0 fully saturated rings. The fourth-order valence-electron chi connectivity index (χ4n) is 2.20. The minimum Gasteiger partial charge on any atom is -0.394 e. The van der Waals surface area contributed by atoms with Gasteiger partial charge >= 0.3 is 0 Å². The van der Waals surface area contributed by atoms with E-state index in [0.29, 0.717) is 6.04 Å². The summed E-state index contributed by atoms with van der Waals surface area (Å²) in [7, 11) is 2.06. The van der Waals surface area contributed by atoms with Gasteiger partial charge in [0.25, 0.3) is 0 Å². The average Bonchev–Trinajstić information content (AvgIpc) is 2.38. The number of aliphatic hydroxyl groups is 1. The SMILES string of the molecule is C=CC(=C)[C@H](CO)N(C)C(C)CCCCCCC. The summed E-state index contributed by atoms with van der Waals surface area (Å²) in [6, 6.07) is 0.480. The number of rotatable bonds is 11. The van der Waals surface area contributed by atoms with Crippen LogP contribution in [-0.2, 0) is 0 Å². The van der Waals surface area contributed by atoms with E-state index in [1.807, 2.05) is 0 Å². The Hall–Kier alpha value is -0.600. The molecule has 0 amide bonds. The van der Waals surface area contributed by atoms with Crippen LogP contribution in [0.5, 0.6) is 0 Å². The predicted molar refractivity (Wildman–Crippen MR) is 80.8 cm³/mol. The van der Waals surface area contributed by atoms with Crippen molar-refractivity contribution in [2.24, 2.45) is 0 Å². The van der Waals surface area contributed by atoms with E-state index < -0.39 is 0 Å². The second-order valence-electron chi connectivity index (χ2n) is 5.19. The molecule has 0 aromatic rings. The molecule has 0 rings (SSSR count). The lowest BCUT2D eigenvalue weighted by Gasteiger charge is -2.32. The number of likely N-dealkylation sites (N-methyl/N-ethyl adjacent to an activating group) is 1. The Balaban J connectivity index is 4.02. The van der Waals surface area contributed by atoms with E-state index in [4.69, 9.17) is 0 Å². The first kappa shape index (κ1) is 17.4. The second kappa shape index (κ2) is 10.3. The molecular weight excluding hydrogens is 222 g/mol. The molecule has 0 aliphatic heterocycles. The Kier molecular flexibility index (Phi) is 9.99. The van der Waals surface area contributed by atoms with E-state index in [-0.39, 0.29) is 12.6 Å². The quantitative estimate of drug-likeness (QED) is 0.447. The van der Waals surface area contributed by atoms with Crippen molar-refractivity contribution in [2.75, 3.05) is 13.7 Å². The largest absolute Gasteiger partial charge is 0.394 e. The van der Waals surface area contributed by atoms with Crippen molar-refractivity contribution in [3.05, 3.63) is 24.8 Å². The average molecular weight is 253 g/mol. The van der Waals surface area contributed by atoms with Gasteiger partial charge < -0.3 is 5.11 Å². The van der Waals surface area contributed by atoms with Gasteiger partial charge in [-0.2, -0.15) is 0 Å². The Morgan fingerprint density at radius 3 is 2.39 bits per heavy atom. The molecule has 0 aliphatic rings. The molecule has 0 aromatic heterocycles. The molecule has 106 valence electrons. The first-order chi connectivity index (χ1) is 8.58. The first-order valence-corrected chi connectivity index (χ1v) is 7.22. The van der Waals surface area contributed by atoms with Crippen LogP contribution < -0.4 is 0 Å². The van der Waals surface area contributed by atoms with Crippen LogP contribution in [0.1, 0.15) is 52.4 Å². The molecule has 0 spiro atoms.